The van der Waals surface area contributed by atoms with Crippen LogP contribution in [0.3, 0.4) is 0 Å². The molecule has 2 heterocycles. The number of imidazole rings is 2. The van der Waals surface area contributed by atoms with Gasteiger partial charge in [0.2, 0.25) is 0 Å². The van der Waals surface area contributed by atoms with E-state index in [1.54, 1.807) is 12.4 Å². The van der Waals surface area contributed by atoms with Gasteiger partial charge in [-0.1, -0.05) is 11.6 Å². The lowest BCUT2D eigenvalue weighted by Crippen LogP contribution is -2.06. The molecule has 0 spiro atoms. The fourth-order valence-corrected chi connectivity index (χ4v) is 2.54. The maximum Gasteiger partial charge on any atom is 0.139 e. The van der Waals surface area contributed by atoms with E-state index < -0.39 is 0 Å². The van der Waals surface area contributed by atoms with E-state index in [9.17, 15) is 0 Å². The van der Waals surface area contributed by atoms with Gasteiger partial charge < -0.3 is 13.9 Å². The highest BCUT2D eigenvalue weighted by Gasteiger charge is 2.09. The fourth-order valence-electron chi connectivity index (χ4n) is 2.30. The van der Waals surface area contributed by atoms with Crippen molar-refractivity contribution in [1.29, 1.82) is 0 Å². The normalized spacial score (nSPS) is 10.8. The lowest BCUT2D eigenvalue weighted by atomic mass is 10.2. The third-order valence-corrected chi connectivity index (χ3v) is 3.66. The minimum absolute atomic E-state index is 0.596. The molecule has 0 saturated heterocycles. The Labute approximate surface area is 134 Å². The Balaban J connectivity index is 1.80. The van der Waals surface area contributed by atoms with Crippen LogP contribution in [-0.4, -0.2) is 25.7 Å². The Kier molecular flexibility index (Phi) is 4.44. The van der Waals surface area contributed by atoms with Gasteiger partial charge in [0, 0.05) is 43.4 Å². The molecule has 0 aliphatic rings. The monoisotopic (exact) mass is 316 g/mol. The van der Waals surface area contributed by atoms with E-state index in [4.69, 9.17) is 16.3 Å². The summed E-state index contributed by atoms with van der Waals surface area (Å²) in [5.41, 5.74) is 0.976. The van der Waals surface area contributed by atoms with E-state index in [0.717, 1.165) is 24.5 Å². The zero-order valence-corrected chi connectivity index (χ0v) is 13.1. The van der Waals surface area contributed by atoms with Gasteiger partial charge in [-0.3, -0.25) is 0 Å². The molecule has 0 fully saturated rings. The Morgan fingerprint density at radius 3 is 2.82 bits per heavy atom. The first-order chi connectivity index (χ1) is 10.8. The lowest BCUT2D eigenvalue weighted by molar-refractivity contribution is 0.340. The molecule has 0 N–H and O–H groups in total. The van der Waals surface area contributed by atoms with Crippen LogP contribution in [0.25, 0.3) is 11.4 Å². The van der Waals surface area contributed by atoms with Crippen LogP contribution < -0.4 is 4.74 Å². The first-order valence-corrected chi connectivity index (χ1v) is 7.55. The molecule has 2 aromatic heterocycles. The van der Waals surface area contributed by atoms with Crippen LogP contribution >= 0.6 is 11.6 Å². The summed E-state index contributed by atoms with van der Waals surface area (Å²) in [6.07, 6.45) is 9.31. The van der Waals surface area contributed by atoms with E-state index in [0.29, 0.717) is 17.4 Å². The number of aromatic nitrogens is 4. The second-order valence-electron chi connectivity index (χ2n) is 4.82. The van der Waals surface area contributed by atoms with E-state index in [-0.39, 0.29) is 0 Å². The maximum absolute atomic E-state index is 6.26. The van der Waals surface area contributed by atoms with Gasteiger partial charge in [-0.2, -0.15) is 0 Å². The zero-order chi connectivity index (χ0) is 15.4. The van der Waals surface area contributed by atoms with Crippen LogP contribution in [-0.2, 0) is 13.1 Å². The van der Waals surface area contributed by atoms with Gasteiger partial charge in [0.15, 0.2) is 0 Å². The summed E-state index contributed by atoms with van der Waals surface area (Å²) in [6, 6.07) is 5.76. The van der Waals surface area contributed by atoms with Crippen molar-refractivity contribution >= 4 is 11.6 Å². The predicted molar refractivity (Wildman–Crippen MR) is 86.1 cm³/mol. The highest BCUT2D eigenvalue weighted by molar-refractivity contribution is 6.32. The lowest BCUT2D eigenvalue weighted by Gasteiger charge is -2.10. The number of hydrogen-bond acceptors (Lipinski definition) is 3. The second-order valence-corrected chi connectivity index (χ2v) is 5.23. The van der Waals surface area contributed by atoms with Gasteiger partial charge in [0.25, 0.3) is 0 Å². The molecule has 0 amide bonds. The molecule has 0 aliphatic heterocycles. The number of nitrogens with zero attached hydrogens (tertiary/aromatic N) is 4. The van der Waals surface area contributed by atoms with Crippen molar-refractivity contribution in [3.63, 3.8) is 0 Å². The highest BCUT2D eigenvalue weighted by Crippen LogP contribution is 2.29. The van der Waals surface area contributed by atoms with Crippen LogP contribution in [0, 0.1) is 0 Å². The largest absolute Gasteiger partial charge is 0.492 e. The van der Waals surface area contributed by atoms with Crippen molar-refractivity contribution in [3.05, 3.63) is 54.3 Å². The molecule has 0 unspecified atom stereocenters. The van der Waals surface area contributed by atoms with Gasteiger partial charge in [0.05, 0.1) is 18.0 Å². The standard InChI is InChI=1S/C16H17ClN4O/c1-2-22-15-4-3-13(11-14(15)17)16-19-6-8-21(16)10-9-20-7-5-18-12-20/h3-8,11-12H,2,9-10H2,1H3. The summed E-state index contributed by atoms with van der Waals surface area (Å²) in [4.78, 5) is 8.49. The summed E-state index contributed by atoms with van der Waals surface area (Å²) in [6.45, 7) is 4.19. The summed E-state index contributed by atoms with van der Waals surface area (Å²) >= 11 is 6.26. The molecule has 0 radical (unpaired) electrons. The molecule has 22 heavy (non-hydrogen) atoms. The predicted octanol–water partition coefficient (Wildman–Crippen LogP) is 3.50. The van der Waals surface area contributed by atoms with Crippen molar-refractivity contribution in [2.24, 2.45) is 0 Å². The molecule has 3 aromatic rings. The summed E-state index contributed by atoms with van der Waals surface area (Å²) in [5.74, 6) is 1.59. The number of benzene rings is 1. The second kappa shape index (κ2) is 6.66. The summed E-state index contributed by atoms with van der Waals surface area (Å²) in [5, 5.41) is 0.600. The molecule has 3 rings (SSSR count). The first kappa shape index (κ1) is 14.7. The number of hydrogen-bond donors (Lipinski definition) is 0. The molecule has 0 saturated carbocycles. The molecule has 1 aromatic carbocycles. The third kappa shape index (κ3) is 3.14. The summed E-state index contributed by atoms with van der Waals surface area (Å²) < 4.78 is 9.61. The molecule has 6 heteroatoms. The van der Waals surface area contributed by atoms with Crippen LogP contribution in [0.4, 0.5) is 0 Å². The van der Waals surface area contributed by atoms with E-state index in [1.165, 1.54) is 0 Å². The molecule has 0 bridgehead atoms. The number of rotatable bonds is 6. The Morgan fingerprint density at radius 2 is 2.09 bits per heavy atom. The van der Waals surface area contributed by atoms with Gasteiger partial charge >= 0.3 is 0 Å². The third-order valence-electron chi connectivity index (χ3n) is 3.36. The molecular weight excluding hydrogens is 300 g/mol. The molecule has 0 aliphatic carbocycles. The minimum Gasteiger partial charge on any atom is -0.492 e. The number of halogens is 1. The van der Waals surface area contributed by atoms with E-state index in [1.807, 2.05) is 48.4 Å². The van der Waals surface area contributed by atoms with Crippen molar-refractivity contribution in [1.82, 2.24) is 19.1 Å². The first-order valence-electron chi connectivity index (χ1n) is 7.17. The highest BCUT2D eigenvalue weighted by atomic mass is 35.5. The van der Waals surface area contributed by atoms with Gasteiger partial charge in [-0.25, -0.2) is 9.97 Å². The molecule has 0 atom stereocenters. The van der Waals surface area contributed by atoms with Crippen LogP contribution in [0.15, 0.2) is 49.3 Å². The van der Waals surface area contributed by atoms with Gasteiger partial charge in [-0.05, 0) is 25.1 Å². The van der Waals surface area contributed by atoms with Gasteiger partial charge in [0.1, 0.15) is 11.6 Å². The van der Waals surface area contributed by atoms with Gasteiger partial charge in [-0.15, -0.1) is 0 Å². The van der Waals surface area contributed by atoms with Crippen LogP contribution in [0.5, 0.6) is 5.75 Å². The maximum atomic E-state index is 6.26. The molecule has 5 nitrogen and oxygen atoms in total. The smallest absolute Gasteiger partial charge is 0.139 e. The molecule has 114 valence electrons. The van der Waals surface area contributed by atoms with Crippen LogP contribution in [0.1, 0.15) is 6.92 Å². The number of aryl methyl sites for hydroxylation is 2. The van der Waals surface area contributed by atoms with Crippen molar-refractivity contribution in [2.75, 3.05) is 6.61 Å². The quantitative estimate of drug-likeness (QED) is 0.699. The fraction of sp³-hybridized carbons (Fsp3) is 0.250. The average Bonchev–Trinajstić information content (AvgIpc) is 3.18. The minimum atomic E-state index is 0.596. The Bertz CT molecular complexity index is 736. The van der Waals surface area contributed by atoms with Crippen molar-refractivity contribution in [3.8, 4) is 17.1 Å². The van der Waals surface area contributed by atoms with E-state index in [2.05, 4.69) is 14.5 Å². The topological polar surface area (TPSA) is 44.9 Å². The number of ether oxygens (including phenoxy) is 1. The SMILES string of the molecule is CCOc1ccc(-c2nccn2CCn2ccnc2)cc1Cl. The van der Waals surface area contributed by atoms with Crippen molar-refractivity contribution < 1.29 is 4.74 Å². The molecular formula is C16H17ClN4O. The summed E-state index contributed by atoms with van der Waals surface area (Å²) in [7, 11) is 0. The zero-order valence-electron chi connectivity index (χ0n) is 12.3. The van der Waals surface area contributed by atoms with Crippen LogP contribution in [0.2, 0.25) is 5.02 Å². The Hall–Kier alpha value is -2.27. The van der Waals surface area contributed by atoms with E-state index >= 15 is 0 Å². The van der Waals surface area contributed by atoms with Crippen molar-refractivity contribution in [2.45, 2.75) is 20.0 Å². The average molecular weight is 317 g/mol. The Morgan fingerprint density at radius 1 is 1.18 bits per heavy atom.